The molecule has 7 nitrogen and oxygen atoms in total. The monoisotopic (exact) mass is 371 g/mol. The van der Waals surface area contributed by atoms with Crippen LogP contribution in [0.15, 0.2) is 36.7 Å². The van der Waals surface area contributed by atoms with Crippen LogP contribution in [0.1, 0.15) is 38.5 Å². The Morgan fingerprint density at radius 3 is 2.89 bits per heavy atom. The lowest BCUT2D eigenvalue weighted by molar-refractivity contribution is -0.122. The summed E-state index contributed by atoms with van der Waals surface area (Å²) < 4.78 is 18.6. The fourth-order valence-corrected chi connectivity index (χ4v) is 3.60. The fraction of sp³-hybridized carbons (Fsp3) is 0.500. The molecule has 0 atom stereocenters. The van der Waals surface area contributed by atoms with E-state index in [0.717, 1.165) is 55.9 Å². The van der Waals surface area contributed by atoms with Crippen molar-refractivity contribution in [1.82, 2.24) is 15.1 Å². The van der Waals surface area contributed by atoms with E-state index in [2.05, 4.69) is 10.4 Å². The highest BCUT2D eigenvalue weighted by atomic mass is 16.7. The summed E-state index contributed by atoms with van der Waals surface area (Å²) in [4.78, 5) is 12.1. The largest absolute Gasteiger partial charge is 0.490 e. The molecule has 1 fully saturated rings. The van der Waals surface area contributed by atoms with Gasteiger partial charge in [-0.3, -0.25) is 9.48 Å². The Kier molecular flexibility index (Phi) is 5.46. The molecule has 1 N–H and O–H groups in total. The number of nitrogens with one attached hydrogen (secondary N) is 1. The third-order valence-electron chi connectivity index (χ3n) is 5.04. The number of amides is 1. The maximum absolute atomic E-state index is 12.1. The van der Waals surface area contributed by atoms with E-state index in [-0.39, 0.29) is 24.8 Å². The van der Waals surface area contributed by atoms with E-state index in [9.17, 15) is 4.79 Å². The summed E-state index contributed by atoms with van der Waals surface area (Å²) in [6, 6.07) is 7.83. The molecule has 4 rings (SSSR count). The number of aromatic nitrogens is 2. The Morgan fingerprint density at radius 1 is 1.22 bits per heavy atom. The van der Waals surface area contributed by atoms with E-state index in [1.807, 2.05) is 35.1 Å². The molecule has 0 saturated heterocycles. The molecule has 7 heteroatoms. The third-order valence-corrected chi connectivity index (χ3v) is 5.04. The molecule has 2 heterocycles. The summed E-state index contributed by atoms with van der Waals surface area (Å²) in [5.74, 6) is 2.44. The van der Waals surface area contributed by atoms with Crippen LogP contribution in [0, 0.1) is 0 Å². The zero-order chi connectivity index (χ0) is 18.5. The number of rotatable bonds is 7. The van der Waals surface area contributed by atoms with Crippen molar-refractivity contribution in [3.05, 3.63) is 36.7 Å². The lowest BCUT2D eigenvalue weighted by atomic mass is 9.92. The average molecular weight is 371 g/mol. The van der Waals surface area contributed by atoms with Crippen LogP contribution in [0.25, 0.3) is 0 Å². The molecule has 2 aliphatic rings. The molecule has 1 amide bonds. The quantitative estimate of drug-likeness (QED) is 0.810. The maximum Gasteiger partial charge on any atom is 0.231 e. The second kappa shape index (κ2) is 8.33. The molecule has 1 aliphatic carbocycles. The highest BCUT2D eigenvalue weighted by Crippen LogP contribution is 2.36. The second-order valence-corrected chi connectivity index (χ2v) is 7.05. The number of carbonyl (C=O) groups excluding carboxylic acids is 1. The maximum atomic E-state index is 12.1. The summed E-state index contributed by atoms with van der Waals surface area (Å²) in [6.07, 6.45) is 8.95. The van der Waals surface area contributed by atoms with Gasteiger partial charge >= 0.3 is 0 Å². The smallest absolute Gasteiger partial charge is 0.231 e. The highest BCUT2D eigenvalue weighted by molar-refractivity contribution is 5.76. The SMILES string of the molecule is O=C(CCCn1cccn1)NC1CCC(Oc2ccc3c(c2)OCO3)CC1. The first-order valence-electron chi connectivity index (χ1n) is 9.59. The first kappa shape index (κ1) is 17.7. The molecule has 0 spiro atoms. The molecular weight excluding hydrogens is 346 g/mol. The first-order chi connectivity index (χ1) is 13.3. The van der Waals surface area contributed by atoms with Crippen molar-refractivity contribution in [2.45, 2.75) is 57.2 Å². The molecular formula is C20H25N3O4. The molecule has 144 valence electrons. The minimum Gasteiger partial charge on any atom is -0.490 e. The van der Waals surface area contributed by atoms with Crippen LogP contribution in [0.5, 0.6) is 17.2 Å². The van der Waals surface area contributed by atoms with E-state index >= 15 is 0 Å². The highest BCUT2D eigenvalue weighted by Gasteiger charge is 2.24. The van der Waals surface area contributed by atoms with Crippen LogP contribution in [0.3, 0.4) is 0 Å². The third kappa shape index (κ3) is 4.72. The van der Waals surface area contributed by atoms with E-state index in [1.165, 1.54) is 0 Å². The van der Waals surface area contributed by atoms with Crippen molar-refractivity contribution in [2.24, 2.45) is 0 Å². The predicted molar refractivity (Wildman–Crippen MR) is 98.8 cm³/mol. The van der Waals surface area contributed by atoms with Crippen LogP contribution in [0.2, 0.25) is 0 Å². The number of aryl methyl sites for hydroxylation is 1. The zero-order valence-electron chi connectivity index (χ0n) is 15.3. The molecule has 27 heavy (non-hydrogen) atoms. The Morgan fingerprint density at radius 2 is 2.07 bits per heavy atom. The van der Waals surface area contributed by atoms with Gasteiger partial charge in [-0.1, -0.05) is 0 Å². The minimum absolute atomic E-state index is 0.127. The Hall–Kier alpha value is -2.70. The summed E-state index contributed by atoms with van der Waals surface area (Å²) in [6.45, 7) is 1.04. The summed E-state index contributed by atoms with van der Waals surface area (Å²) in [5.41, 5.74) is 0. The topological polar surface area (TPSA) is 74.6 Å². The number of benzene rings is 1. The molecule has 2 aromatic rings. The van der Waals surface area contributed by atoms with Crippen LogP contribution in [0.4, 0.5) is 0 Å². The number of carbonyl (C=O) groups is 1. The van der Waals surface area contributed by atoms with E-state index < -0.39 is 0 Å². The molecule has 1 saturated carbocycles. The molecule has 1 aliphatic heterocycles. The molecule has 1 aromatic carbocycles. The predicted octanol–water partition coefficient (Wildman–Crippen LogP) is 2.90. The zero-order valence-corrected chi connectivity index (χ0v) is 15.3. The van der Waals surface area contributed by atoms with Crippen LogP contribution >= 0.6 is 0 Å². The number of hydrogen-bond donors (Lipinski definition) is 1. The number of fused-ring (bicyclic) bond motifs is 1. The Bertz CT molecular complexity index is 755. The van der Waals surface area contributed by atoms with E-state index in [0.29, 0.717) is 6.42 Å². The molecule has 0 unspecified atom stereocenters. The van der Waals surface area contributed by atoms with Gasteiger partial charge in [0.2, 0.25) is 12.7 Å². The summed E-state index contributed by atoms with van der Waals surface area (Å²) >= 11 is 0. The van der Waals surface area contributed by atoms with Gasteiger partial charge in [0.05, 0.1) is 6.10 Å². The van der Waals surface area contributed by atoms with Crippen molar-refractivity contribution in [3.63, 3.8) is 0 Å². The van der Waals surface area contributed by atoms with Gasteiger partial charge in [-0.05, 0) is 50.3 Å². The molecule has 0 bridgehead atoms. The van der Waals surface area contributed by atoms with Gasteiger partial charge in [-0.15, -0.1) is 0 Å². The van der Waals surface area contributed by atoms with Crippen molar-refractivity contribution >= 4 is 5.91 Å². The fourth-order valence-electron chi connectivity index (χ4n) is 3.60. The number of hydrogen-bond acceptors (Lipinski definition) is 5. The van der Waals surface area contributed by atoms with Crippen molar-refractivity contribution in [3.8, 4) is 17.2 Å². The van der Waals surface area contributed by atoms with Gasteiger partial charge in [-0.2, -0.15) is 5.10 Å². The first-order valence-corrected chi connectivity index (χ1v) is 9.59. The standard InChI is InChI=1S/C20H25N3O4/c24-20(3-1-11-23-12-2-10-21-23)22-15-4-6-16(7-5-15)27-17-8-9-18-19(13-17)26-14-25-18/h2,8-10,12-13,15-16H,1,3-7,11,14H2,(H,22,24). The second-order valence-electron chi connectivity index (χ2n) is 7.05. The van der Waals surface area contributed by atoms with Gasteiger partial charge in [0.1, 0.15) is 5.75 Å². The lowest BCUT2D eigenvalue weighted by Gasteiger charge is -2.29. The van der Waals surface area contributed by atoms with Gasteiger partial charge in [-0.25, -0.2) is 0 Å². The van der Waals surface area contributed by atoms with Crippen molar-refractivity contribution < 1.29 is 19.0 Å². The van der Waals surface area contributed by atoms with E-state index in [4.69, 9.17) is 14.2 Å². The number of ether oxygens (including phenoxy) is 3. The Balaban J connectivity index is 1.16. The average Bonchev–Trinajstić information content (AvgIpc) is 3.34. The van der Waals surface area contributed by atoms with Gasteiger partial charge in [0.15, 0.2) is 11.5 Å². The lowest BCUT2D eigenvalue weighted by Crippen LogP contribution is -2.39. The molecule has 0 radical (unpaired) electrons. The van der Waals surface area contributed by atoms with Crippen molar-refractivity contribution in [1.29, 1.82) is 0 Å². The van der Waals surface area contributed by atoms with Crippen molar-refractivity contribution in [2.75, 3.05) is 6.79 Å². The normalized spacial score (nSPS) is 21.0. The Labute approximate surface area is 158 Å². The number of nitrogens with zero attached hydrogens (tertiary/aromatic N) is 2. The van der Waals surface area contributed by atoms with Gasteiger partial charge in [0.25, 0.3) is 0 Å². The van der Waals surface area contributed by atoms with Crippen LogP contribution in [-0.2, 0) is 11.3 Å². The van der Waals surface area contributed by atoms with Crippen LogP contribution in [-0.4, -0.2) is 34.6 Å². The van der Waals surface area contributed by atoms with E-state index in [1.54, 1.807) is 6.20 Å². The molecule has 1 aromatic heterocycles. The summed E-state index contributed by atoms with van der Waals surface area (Å²) in [7, 11) is 0. The van der Waals surface area contributed by atoms with Crippen LogP contribution < -0.4 is 19.5 Å². The van der Waals surface area contributed by atoms with Gasteiger partial charge in [0, 0.05) is 37.5 Å². The van der Waals surface area contributed by atoms with Gasteiger partial charge < -0.3 is 19.5 Å². The summed E-state index contributed by atoms with van der Waals surface area (Å²) in [5, 5.41) is 7.30. The minimum atomic E-state index is 0.127.